The minimum atomic E-state index is -4.10. The number of amides is 2. The standard InChI is InChI=1S/C29H33Br2N3O4S/c1-20(2)17-32-29(36)22(4)33(18-23-10-12-24(30)13-11-23)28(35)19-34(26-7-5-6-25(31)16-26)39(37,38)27-14-8-21(3)9-15-27/h5-16,20,22H,17-19H2,1-4H3,(H,32,36)/t22-/m1/s1. The lowest BCUT2D eigenvalue weighted by molar-refractivity contribution is -0.139. The molecule has 208 valence electrons. The van der Waals surface area contributed by atoms with E-state index in [1.165, 1.54) is 17.0 Å². The number of hydrogen-bond donors (Lipinski definition) is 1. The fourth-order valence-electron chi connectivity index (χ4n) is 3.82. The summed E-state index contributed by atoms with van der Waals surface area (Å²) in [6.45, 7) is 7.63. The molecule has 0 spiro atoms. The Labute approximate surface area is 247 Å². The van der Waals surface area contributed by atoms with Crippen LogP contribution in [0.4, 0.5) is 5.69 Å². The molecule has 0 fully saturated rings. The molecule has 39 heavy (non-hydrogen) atoms. The number of halogens is 2. The van der Waals surface area contributed by atoms with Crippen LogP contribution >= 0.6 is 31.9 Å². The van der Waals surface area contributed by atoms with Gasteiger partial charge in [0.25, 0.3) is 10.0 Å². The second-order valence-electron chi connectivity index (χ2n) is 9.77. The lowest BCUT2D eigenvalue weighted by atomic mass is 10.1. The molecule has 2 amide bonds. The zero-order valence-electron chi connectivity index (χ0n) is 22.4. The van der Waals surface area contributed by atoms with Gasteiger partial charge in [-0.05, 0) is 67.8 Å². The van der Waals surface area contributed by atoms with Gasteiger partial charge < -0.3 is 10.2 Å². The Morgan fingerprint density at radius 1 is 0.897 bits per heavy atom. The number of carbonyl (C=O) groups excluding carboxylic acids is 2. The SMILES string of the molecule is Cc1ccc(S(=O)(=O)N(CC(=O)N(Cc2ccc(Br)cc2)[C@H](C)C(=O)NCC(C)C)c2cccc(Br)c2)cc1. The predicted octanol–water partition coefficient (Wildman–Crippen LogP) is 5.90. The van der Waals surface area contributed by atoms with Crippen LogP contribution in [0.1, 0.15) is 31.9 Å². The Morgan fingerprint density at radius 3 is 2.13 bits per heavy atom. The third kappa shape index (κ3) is 8.40. The topological polar surface area (TPSA) is 86.8 Å². The second-order valence-corrected chi connectivity index (χ2v) is 13.5. The Balaban J connectivity index is 2.01. The monoisotopic (exact) mass is 677 g/mol. The Bertz CT molecular complexity index is 1390. The van der Waals surface area contributed by atoms with E-state index in [-0.39, 0.29) is 23.3 Å². The average Bonchev–Trinajstić information content (AvgIpc) is 2.89. The first-order valence-corrected chi connectivity index (χ1v) is 15.6. The lowest BCUT2D eigenvalue weighted by Gasteiger charge is -2.32. The summed E-state index contributed by atoms with van der Waals surface area (Å²) in [6, 6.07) is 19.9. The number of aryl methyl sites for hydroxylation is 1. The lowest BCUT2D eigenvalue weighted by Crippen LogP contribution is -2.51. The Kier molecular flexibility index (Phi) is 10.7. The molecule has 0 aromatic heterocycles. The zero-order chi connectivity index (χ0) is 28.7. The number of anilines is 1. The van der Waals surface area contributed by atoms with Crippen LogP contribution in [0.15, 0.2) is 86.6 Å². The quantitative estimate of drug-likeness (QED) is 0.274. The van der Waals surface area contributed by atoms with Gasteiger partial charge in [0.2, 0.25) is 11.8 Å². The minimum absolute atomic E-state index is 0.0723. The summed E-state index contributed by atoms with van der Waals surface area (Å²) in [7, 11) is -4.10. The molecule has 3 rings (SSSR count). The van der Waals surface area contributed by atoms with Gasteiger partial charge in [-0.1, -0.05) is 81.6 Å². The molecule has 0 saturated carbocycles. The summed E-state index contributed by atoms with van der Waals surface area (Å²) in [5.74, 6) is -0.561. The van der Waals surface area contributed by atoms with Crippen LogP contribution in [0, 0.1) is 12.8 Å². The number of nitrogens with zero attached hydrogens (tertiary/aromatic N) is 2. The van der Waals surface area contributed by atoms with Crippen LogP contribution in [0.25, 0.3) is 0 Å². The van der Waals surface area contributed by atoms with Crippen LogP contribution in [0.2, 0.25) is 0 Å². The van der Waals surface area contributed by atoms with Gasteiger partial charge in [0.05, 0.1) is 10.6 Å². The van der Waals surface area contributed by atoms with Crippen molar-refractivity contribution in [1.82, 2.24) is 10.2 Å². The molecule has 1 N–H and O–H groups in total. The maximum absolute atomic E-state index is 13.9. The van der Waals surface area contributed by atoms with Crippen molar-refractivity contribution in [2.24, 2.45) is 5.92 Å². The molecule has 3 aromatic carbocycles. The van der Waals surface area contributed by atoms with E-state index in [0.29, 0.717) is 16.7 Å². The van der Waals surface area contributed by atoms with Gasteiger partial charge in [0, 0.05) is 22.0 Å². The van der Waals surface area contributed by atoms with E-state index in [1.807, 2.05) is 45.0 Å². The summed E-state index contributed by atoms with van der Waals surface area (Å²) in [5.41, 5.74) is 2.06. The van der Waals surface area contributed by atoms with Crippen molar-refractivity contribution in [1.29, 1.82) is 0 Å². The fraction of sp³-hybridized carbons (Fsp3) is 0.310. The molecular formula is C29H33Br2N3O4S. The van der Waals surface area contributed by atoms with E-state index < -0.39 is 28.5 Å². The molecule has 0 aliphatic rings. The van der Waals surface area contributed by atoms with Crippen molar-refractivity contribution < 1.29 is 18.0 Å². The largest absolute Gasteiger partial charge is 0.354 e. The van der Waals surface area contributed by atoms with Crippen LogP contribution in [-0.2, 0) is 26.2 Å². The molecule has 0 aliphatic heterocycles. The molecule has 0 saturated heterocycles. The van der Waals surface area contributed by atoms with Gasteiger partial charge >= 0.3 is 0 Å². The van der Waals surface area contributed by atoms with Gasteiger partial charge in [0.1, 0.15) is 12.6 Å². The van der Waals surface area contributed by atoms with E-state index >= 15 is 0 Å². The van der Waals surface area contributed by atoms with E-state index in [4.69, 9.17) is 0 Å². The zero-order valence-corrected chi connectivity index (χ0v) is 26.4. The van der Waals surface area contributed by atoms with E-state index in [0.717, 1.165) is 19.9 Å². The van der Waals surface area contributed by atoms with Crippen molar-refractivity contribution >= 4 is 59.4 Å². The molecule has 0 radical (unpaired) electrons. The Morgan fingerprint density at radius 2 is 1.54 bits per heavy atom. The van der Waals surface area contributed by atoms with Crippen molar-refractivity contribution in [3.8, 4) is 0 Å². The number of sulfonamides is 1. The molecule has 0 unspecified atom stereocenters. The smallest absolute Gasteiger partial charge is 0.264 e. The number of nitrogens with one attached hydrogen (secondary N) is 1. The summed E-state index contributed by atoms with van der Waals surface area (Å²) >= 11 is 6.82. The fourth-order valence-corrected chi connectivity index (χ4v) is 5.88. The first-order chi connectivity index (χ1) is 18.4. The summed E-state index contributed by atoms with van der Waals surface area (Å²) in [4.78, 5) is 28.5. The molecule has 7 nitrogen and oxygen atoms in total. The maximum atomic E-state index is 13.9. The van der Waals surface area contributed by atoms with E-state index in [1.54, 1.807) is 43.3 Å². The second kappa shape index (κ2) is 13.6. The predicted molar refractivity (Wildman–Crippen MR) is 162 cm³/mol. The molecule has 1 atom stereocenters. The van der Waals surface area contributed by atoms with E-state index in [9.17, 15) is 18.0 Å². The van der Waals surface area contributed by atoms with Crippen molar-refractivity contribution in [3.05, 3.63) is 92.9 Å². The minimum Gasteiger partial charge on any atom is -0.354 e. The van der Waals surface area contributed by atoms with Gasteiger partial charge in [-0.25, -0.2) is 8.42 Å². The van der Waals surface area contributed by atoms with Gasteiger partial charge in [-0.15, -0.1) is 0 Å². The summed E-state index contributed by atoms with van der Waals surface area (Å²) < 4.78 is 30.3. The summed E-state index contributed by atoms with van der Waals surface area (Å²) in [6.07, 6.45) is 0. The van der Waals surface area contributed by atoms with Crippen LogP contribution in [-0.4, -0.2) is 44.3 Å². The number of hydrogen-bond acceptors (Lipinski definition) is 4. The molecule has 10 heteroatoms. The van der Waals surface area contributed by atoms with Crippen molar-refractivity contribution in [2.75, 3.05) is 17.4 Å². The van der Waals surface area contributed by atoms with Gasteiger partial charge in [0.15, 0.2) is 0 Å². The third-order valence-corrected chi connectivity index (χ3v) is 8.91. The molecule has 0 aliphatic carbocycles. The molecule has 0 heterocycles. The number of benzene rings is 3. The first-order valence-electron chi connectivity index (χ1n) is 12.5. The highest BCUT2D eigenvalue weighted by Crippen LogP contribution is 2.27. The average molecular weight is 679 g/mol. The van der Waals surface area contributed by atoms with Crippen molar-refractivity contribution in [3.63, 3.8) is 0 Å². The number of carbonyl (C=O) groups is 2. The highest BCUT2D eigenvalue weighted by atomic mass is 79.9. The Hall–Kier alpha value is -2.69. The highest BCUT2D eigenvalue weighted by molar-refractivity contribution is 9.10. The van der Waals surface area contributed by atoms with Crippen molar-refractivity contribution in [2.45, 2.75) is 45.2 Å². The maximum Gasteiger partial charge on any atom is 0.264 e. The van der Waals surface area contributed by atoms with Gasteiger partial charge in [-0.2, -0.15) is 0 Å². The molecule has 3 aromatic rings. The summed E-state index contributed by atoms with van der Waals surface area (Å²) in [5, 5.41) is 2.89. The van der Waals surface area contributed by atoms with E-state index in [2.05, 4.69) is 37.2 Å². The molecular weight excluding hydrogens is 646 g/mol. The highest BCUT2D eigenvalue weighted by Gasteiger charge is 2.32. The molecule has 0 bridgehead atoms. The van der Waals surface area contributed by atoms with Crippen LogP contribution in [0.5, 0.6) is 0 Å². The normalized spacial score (nSPS) is 12.2. The van der Waals surface area contributed by atoms with Gasteiger partial charge in [-0.3, -0.25) is 13.9 Å². The number of rotatable bonds is 11. The third-order valence-electron chi connectivity index (χ3n) is 6.10. The first kappa shape index (κ1) is 30.8. The van der Waals surface area contributed by atoms with Crippen LogP contribution < -0.4 is 9.62 Å². The van der Waals surface area contributed by atoms with Crippen LogP contribution in [0.3, 0.4) is 0 Å².